The molecule has 8 heteroatoms. The molecule has 18 heavy (non-hydrogen) atoms. The average Bonchev–Trinajstić information content (AvgIpc) is 2.77. The molecule has 0 radical (unpaired) electrons. The van der Waals surface area contributed by atoms with E-state index in [1.54, 1.807) is 29.3 Å². The predicted octanol–water partition coefficient (Wildman–Crippen LogP) is -0.929. The van der Waals surface area contributed by atoms with E-state index in [9.17, 15) is 4.79 Å². The van der Waals surface area contributed by atoms with Crippen LogP contribution < -0.4 is 5.73 Å². The van der Waals surface area contributed by atoms with Crippen LogP contribution in [-0.4, -0.2) is 42.1 Å². The van der Waals surface area contributed by atoms with E-state index >= 15 is 0 Å². The number of hydrogen-bond donors (Lipinski definition) is 2. The van der Waals surface area contributed by atoms with Crippen molar-refractivity contribution in [2.24, 2.45) is 5.73 Å². The molecule has 8 nitrogen and oxygen atoms in total. The summed E-state index contributed by atoms with van der Waals surface area (Å²) in [6, 6.07) is 0.755. The summed E-state index contributed by atoms with van der Waals surface area (Å²) in [6.07, 6.45) is 5.06. The highest BCUT2D eigenvalue weighted by Crippen LogP contribution is 1.99. The topological polar surface area (TPSA) is 120 Å². The molecule has 1 unspecified atom stereocenters. The summed E-state index contributed by atoms with van der Waals surface area (Å²) in [4.78, 5) is 18.7. The van der Waals surface area contributed by atoms with Crippen LogP contribution in [0.4, 0.5) is 0 Å². The number of hydrogen-bond acceptors (Lipinski definition) is 6. The molecule has 0 saturated carbocycles. The van der Waals surface area contributed by atoms with Crippen molar-refractivity contribution in [2.75, 3.05) is 0 Å². The van der Waals surface area contributed by atoms with Gasteiger partial charge in [-0.15, -0.1) is 5.10 Å². The number of carboxylic acid groups (broad SMARTS) is 1. The Kier molecular flexibility index (Phi) is 3.58. The van der Waals surface area contributed by atoms with Crippen LogP contribution >= 0.6 is 0 Å². The molecule has 2 heterocycles. The van der Waals surface area contributed by atoms with Crippen LogP contribution in [0.25, 0.3) is 0 Å². The van der Waals surface area contributed by atoms with Crippen LogP contribution in [0.2, 0.25) is 0 Å². The zero-order valence-electron chi connectivity index (χ0n) is 9.47. The molecule has 3 N–H and O–H groups in total. The second-order valence-corrected chi connectivity index (χ2v) is 3.72. The van der Waals surface area contributed by atoms with Crippen molar-refractivity contribution in [1.29, 1.82) is 0 Å². The quantitative estimate of drug-likeness (QED) is 0.701. The van der Waals surface area contributed by atoms with E-state index in [2.05, 4.69) is 20.3 Å². The smallest absolute Gasteiger partial charge is 0.320 e. The lowest BCUT2D eigenvalue weighted by molar-refractivity contribution is -0.138. The summed E-state index contributed by atoms with van der Waals surface area (Å²) in [7, 11) is 0. The Morgan fingerprint density at radius 2 is 2.17 bits per heavy atom. The number of rotatable bonds is 5. The van der Waals surface area contributed by atoms with E-state index in [4.69, 9.17) is 10.8 Å². The Balaban J connectivity index is 2.00. The summed E-state index contributed by atoms with van der Waals surface area (Å²) in [6.45, 7) is 0.385. The van der Waals surface area contributed by atoms with Gasteiger partial charge in [-0.05, 0) is 6.07 Å². The molecule has 2 rings (SSSR count). The van der Waals surface area contributed by atoms with Gasteiger partial charge >= 0.3 is 5.97 Å². The third-order valence-electron chi connectivity index (χ3n) is 2.26. The van der Waals surface area contributed by atoms with Crippen LogP contribution in [-0.2, 0) is 17.8 Å². The molecule has 0 aliphatic carbocycles. The number of carboxylic acids is 1. The highest BCUT2D eigenvalue weighted by molar-refractivity contribution is 5.73. The lowest BCUT2D eigenvalue weighted by Gasteiger charge is -2.01. The molecule has 0 aliphatic rings. The van der Waals surface area contributed by atoms with Crippen LogP contribution in [0.1, 0.15) is 11.5 Å². The van der Waals surface area contributed by atoms with Gasteiger partial charge in [0.2, 0.25) is 0 Å². The van der Waals surface area contributed by atoms with Crippen molar-refractivity contribution < 1.29 is 9.90 Å². The molecule has 94 valence electrons. The molecule has 0 bridgehead atoms. The third kappa shape index (κ3) is 3.08. The molecular formula is C10H12N6O2. The highest BCUT2D eigenvalue weighted by atomic mass is 16.4. The van der Waals surface area contributed by atoms with Gasteiger partial charge in [0.25, 0.3) is 0 Å². The van der Waals surface area contributed by atoms with E-state index < -0.39 is 12.0 Å². The fraction of sp³-hybridized carbons (Fsp3) is 0.300. The van der Waals surface area contributed by atoms with Crippen LogP contribution in [0.3, 0.4) is 0 Å². The molecule has 0 saturated heterocycles. The van der Waals surface area contributed by atoms with Crippen molar-refractivity contribution in [3.05, 3.63) is 36.2 Å². The van der Waals surface area contributed by atoms with Crippen molar-refractivity contribution in [3.8, 4) is 0 Å². The second kappa shape index (κ2) is 5.32. The number of nitrogens with zero attached hydrogens (tertiary/aromatic N) is 5. The van der Waals surface area contributed by atoms with Crippen LogP contribution in [0.15, 0.2) is 24.7 Å². The molecule has 0 aromatic carbocycles. The Hall–Kier alpha value is -2.35. The van der Waals surface area contributed by atoms with Crippen molar-refractivity contribution in [1.82, 2.24) is 25.0 Å². The second-order valence-electron chi connectivity index (χ2n) is 3.72. The van der Waals surface area contributed by atoms with E-state index in [1.807, 2.05) is 0 Å². The molecule has 1 atom stereocenters. The minimum Gasteiger partial charge on any atom is -0.480 e. The maximum atomic E-state index is 10.6. The monoisotopic (exact) mass is 248 g/mol. The highest BCUT2D eigenvalue weighted by Gasteiger charge is 2.14. The normalized spacial score (nSPS) is 12.3. The first kappa shape index (κ1) is 12.1. The van der Waals surface area contributed by atoms with Crippen LogP contribution in [0.5, 0.6) is 0 Å². The first-order chi connectivity index (χ1) is 8.65. The number of aromatic nitrogens is 5. The van der Waals surface area contributed by atoms with Gasteiger partial charge in [-0.25, -0.2) is 14.6 Å². The van der Waals surface area contributed by atoms with Gasteiger partial charge in [0.1, 0.15) is 18.4 Å². The first-order valence-electron chi connectivity index (χ1n) is 5.28. The number of aliphatic carboxylic acids is 1. The molecular weight excluding hydrogens is 236 g/mol. The van der Waals surface area contributed by atoms with Crippen molar-refractivity contribution in [2.45, 2.75) is 19.0 Å². The minimum atomic E-state index is -1.06. The fourth-order valence-corrected chi connectivity index (χ4v) is 1.38. The van der Waals surface area contributed by atoms with Crippen molar-refractivity contribution >= 4 is 5.97 Å². The maximum Gasteiger partial charge on any atom is 0.320 e. The fourth-order valence-electron chi connectivity index (χ4n) is 1.38. The van der Waals surface area contributed by atoms with Gasteiger partial charge in [0, 0.05) is 25.0 Å². The van der Waals surface area contributed by atoms with E-state index in [1.165, 1.54) is 0 Å². The first-order valence-corrected chi connectivity index (χ1v) is 5.28. The van der Waals surface area contributed by atoms with Crippen LogP contribution in [0, 0.1) is 0 Å². The Morgan fingerprint density at radius 1 is 1.44 bits per heavy atom. The van der Waals surface area contributed by atoms with Gasteiger partial charge in [0.15, 0.2) is 0 Å². The molecule has 2 aromatic rings. The molecule has 0 aliphatic heterocycles. The maximum absolute atomic E-state index is 10.6. The lowest BCUT2D eigenvalue weighted by Crippen LogP contribution is -2.32. The zero-order chi connectivity index (χ0) is 13.0. The largest absolute Gasteiger partial charge is 0.480 e. The summed E-state index contributed by atoms with van der Waals surface area (Å²) in [5, 5.41) is 16.4. The Labute approximate surface area is 102 Å². The zero-order valence-corrected chi connectivity index (χ0v) is 9.47. The molecule has 0 amide bonds. The van der Waals surface area contributed by atoms with Gasteiger partial charge in [-0.2, -0.15) is 0 Å². The number of nitrogens with two attached hydrogens (primary N) is 1. The summed E-state index contributed by atoms with van der Waals surface area (Å²) < 4.78 is 1.54. The SMILES string of the molecule is NC(Cc1cn(Cc2ncccn2)nn1)C(=O)O. The Morgan fingerprint density at radius 3 is 2.83 bits per heavy atom. The third-order valence-corrected chi connectivity index (χ3v) is 2.26. The lowest BCUT2D eigenvalue weighted by atomic mass is 10.2. The standard InChI is InChI=1S/C10H12N6O2/c11-8(10(17)18)4-7-5-16(15-14-7)6-9-12-2-1-3-13-9/h1-3,5,8H,4,6,11H2,(H,17,18). The Bertz CT molecular complexity index is 526. The van der Waals surface area contributed by atoms with Gasteiger partial charge in [-0.1, -0.05) is 5.21 Å². The molecule has 0 fully saturated rings. The summed E-state index contributed by atoms with van der Waals surface area (Å²) >= 11 is 0. The predicted molar refractivity (Wildman–Crippen MR) is 60.5 cm³/mol. The minimum absolute atomic E-state index is 0.144. The summed E-state index contributed by atoms with van der Waals surface area (Å²) in [5.41, 5.74) is 5.94. The van der Waals surface area contributed by atoms with E-state index in [-0.39, 0.29) is 6.42 Å². The van der Waals surface area contributed by atoms with Gasteiger partial charge in [0.05, 0.1) is 5.69 Å². The number of carbonyl (C=O) groups is 1. The van der Waals surface area contributed by atoms with Gasteiger partial charge in [-0.3, -0.25) is 4.79 Å². The molecule has 0 spiro atoms. The van der Waals surface area contributed by atoms with E-state index in [0.29, 0.717) is 18.1 Å². The van der Waals surface area contributed by atoms with Crippen molar-refractivity contribution in [3.63, 3.8) is 0 Å². The molecule has 2 aromatic heterocycles. The average molecular weight is 248 g/mol. The van der Waals surface area contributed by atoms with Gasteiger partial charge < -0.3 is 10.8 Å². The summed E-state index contributed by atoms with van der Waals surface area (Å²) in [5.74, 6) is -0.451. The van der Waals surface area contributed by atoms with E-state index in [0.717, 1.165) is 0 Å².